The monoisotopic (exact) mass is 509 g/mol. The van der Waals surface area contributed by atoms with Gasteiger partial charge in [0.25, 0.3) is 0 Å². The molecular formula is C22H32IN5O. The Hall–Kier alpha value is -2.03. The third-order valence-corrected chi connectivity index (χ3v) is 5.03. The van der Waals surface area contributed by atoms with Crippen LogP contribution in [-0.4, -0.2) is 29.2 Å². The Labute approximate surface area is 189 Å². The van der Waals surface area contributed by atoms with Crippen molar-refractivity contribution in [2.45, 2.75) is 53.5 Å². The normalized spacial score (nSPS) is 11.5. The molecule has 0 radical (unpaired) electrons. The molecule has 3 aromatic rings. The lowest BCUT2D eigenvalue weighted by Crippen LogP contribution is -2.38. The Kier molecular flexibility index (Phi) is 9.00. The van der Waals surface area contributed by atoms with E-state index in [1.54, 1.807) is 0 Å². The van der Waals surface area contributed by atoms with E-state index in [1.165, 1.54) is 22.0 Å². The van der Waals surface area contributed by atoms with E-state index >= 15 is 0 Å². The number of aromatic nitrogens is 2. The van der Waals surface area contributed by atoms with E-state index in [0.717, 1.165) is 55.3 Å². The van der Waals surface area contributed by atoms with Crippen LogP contribution in [0.15, 0.2) is 33.9 Å². The van der Waals surface area contributed by atoms with Crippen LogP contribution in [0.3, 0.4) is 0 Å². The fourth-order valence-corrected chi connectivity index (χ4v) is 3.58. The highest BCUT2D eigenvalue weighted by molar-refractivity contribution is 14.0. The van der Waals surface area contributed by atoms with Gasteiger partial charge in [0, 0.05) is 42.2 Å². The van der Waals surface area contributed by atoms with Gasteiger partial charge in [-0.05, 0) is 43.9 Å². The summed E-state index contributed by atoms with van der Waals surface area (Å²) < 4.78 is 5.45. The van der Waals surface area contributed by atoms with E-state index in [0.29, 0.717) is 6.54 Å². The highest BCUT2D eigenvalue weighted by Crippen LogP contribution is 2.22. The third kappa shape index (κ3) is 5.52. The largest absolute Gasteiger partial charge is 0.361 e. The lowest BCUT2D eigenvalue weighted by Gasteiger charge is -2.11. The van der Waals surface area contributed by atoms with Crippen molar-refractivity contribution in [1.29, 1.82) is 0 Å². The number of hydrogen-bond acceptors (Lipinski definition) is 3. The minimum atomic E-state index is 0. The van der Waals surface area contributed by atoms with Crippen molar-refractivity contribution in [1.82, 2.24) is 20.8 Å². The number of aryl methyl sites for hydroxylation is 3. The molecule has 0 saturated carbocycles. The molecule has 3 N–H and O–H groups in total. The Morgan fingerprint density at radius 3 is 2.72 bits per heavy atom. The highest BCUT2D eigenvalue weighted by Gasteiger charge is 2.13. The zero-order chi connectivity index (χ0) is 19.9. The summed E-state index contributed by atoms with van der Waals surface area (Å²) in [7, 11) is 0. The molecule has 158 valence electrons. The average Bonchev–Trinajstić information content (AvgIpc) is 3.30. The van der Waals surface area contributed by atoms with Gasteiger partial charge in [0.1, 0.15) is 5.76 Å². The van der Waals surface area contributed by atoms with E-state index in [1.807, 2.05) is 0 Å². The maximum absolute atomic E-state index is 5.45. The molecule has 0 aliphatic rings. The third-order valence-electron chi connectivity index (χ3n) is 5.03. The van der Waals surface area contributed by atoms with E-state index in [9.17, 15) is 0 Å². The first-order chi connectivity index (χ1) is 13.7. The van der Waals surface area contributed by atoms with Crippen molar-refractivity contribution in [3.05, 3.63) is 52.5 Å². The fourth-order valence-electron chi connectivity index (χ4n) is 3.58. The maximum Gasteiger partial charge on any atom is 0.191 e. The van der Waals surface area contributed by atoms with Crippen molar-refractivity contribution in [2.75, 3.05) is 13.1 Å². The molecule has 0 atom stereocenters. The summed E-state index contributed by atoms with van der Waals surface area (Å²) in [6.07, 6.45) is 4.74. The zero-order valence-corrected chi connectivity index (χ0v) is 20.1. The van der Waals surface area contributed by atoms with E-state index in [-0.39, 0.29) is 24.0 Å². The molecule has 7 heteroatoms. The minimum absolute atomic E-state index is 0. The number of fused-ring (bicyclic) bond motifs is 1. The van der Waals surface area contributed by atoms with Crippen LogP contribution in [0.2, 0.25) is 0 Å². The second-order valence-electron chi connectivity index (χ2n) is 6.92. The summed E-state index contributed by atoms with van der Waals surface area (Å²) >= 11 is 0. The van der Waals surface area contributed by atoms with Crippen molar-refractivity contribution < 1.29 is 4.52 Å². The van der Waals surface area contributed by atoms with Crippen LogP contribution in [0.5, 0.6) is 0 Å². The Morgan fingerprint density at radius 2 is 2.00 bits per heavy atom. The molecule has 0 amide bonds. The summed E-state index contributed by atoms with van der Waals surface area (Å²) in [5.74, 6) is 1.76. The van der Waals surface area contributed by atoms with Gasteiger partial charge < -0.3 is 20.1 Å². The van der Waals surface area contributed by atoms with E-state index in [2.05, 4.69) is 72.9 Å². The van der Waals surface area contributed by atoms with Crippen LogP contribution in [0, 0.1) is 6.92 Å². The van der Waals surface area contributed by atoms with E-state index in [4.69, 9.17) is 9.52 Å². The van der Waals surface area contributed by atoms with E-state index < -0.39 is 0 Å². The summed E-state index contributed by atoms with van der Waals surface area (Å²) in [6, 6.07) is 6.38. The van der Waals surface area contributed by atoms with Gasteiger partial charge >= 0.3 is 0 Å². The van der Waals surface area contributed by atoms with Crippen LogP contribution in [0.4, 0.5) is 0 Å². The van der Waals surface area contributed by atoms with Crippen molar-refractivity contribution in [3.63, 3.8) is 0 Å². The molecule has 0 aliphatic carbocycles. The summed E-state index contributed by atoms with van der Waals surface area (Å²) in [4.78, 5) is 8.13. The quantitative estimate of drug-likeness (QED) is 0.237. The number of guanidine groups is 1. The van der Waals surface area contributed by atoms with Crippen molar-refractivity contribution in [2.24, 2.45) is 4.99 Å². The van der Waals surface area contributed by atoms with Crippen LogP contribution >= 0.6 is 24.0 Å². The van der Waals surface area contributed by atoms with Gasteiger partial charge in [-0.15, -0.1) is 24.0 Å². The SMILES string of the molecule is CCNC(=NCc1c(CC)noc1CC)NCCc1c[nH]c2cccc(C)c12.I. The number of rotatable bonds is 8. The van der Waals surface area contributed by atoms with Crippen molar-refractivity contribution in [3.8, 4) is 0 Å². The molecule has 2 heterocycles. The van der Waals surface area contributed by atoms with Gasteiger partial charge in [0.15, 0.2) is 5.96 Å². The predicted molar refractivity (Wildman–Crippen MR) is 130 cm³/mol. The number of hydrogen-bond donors (Lipinski definition) is 3. The molecule has 0 unspecified atom stereocenters. The molecule has 0 saturated heterocycles. The Bertz CT molecular complexity index is 922. The van der Waals surface area contributed by atoms with Gasteiger partial charge in [0.05, 0.1) is 12.2 Å². The topological polar surface area (TPSA) is 78.2 Å². The zero-order valence-electron chi connectivity index (χ0n) is 17.8. The highest BCUT2D eigenvalue weighted by atomic mass is 127. The van der Waals surface area contributed by atoms with Gasteiger partial charge in [0.2, 0.25) is 0 Å². The van der Waals surface area contributed by atoms with Crippen molar-refractivity contribution >= 4 is 40.8 Å². The number of nitrogens with one attached hydrogen (secondary N) is 3. The molecule has 2 aromatic heterocycles. The molecule has 0 fully saturated rings. The van der Waals surface area contributed by atoms with Gasteiger partial charge in [-0.1, -0.05) is 31.1 Å². The average molecular weight is 509 g/mol. The summed E-state index contributed by atoms with van der Waals surface area (Å²) in [6.45, 7) is 10.6. The second-order valence-corrected chi connectivity index (χ2v) is 6.92. The number of halogens is 1. The molecule has 0 spiro atoms. The van der Waals surface area contributed by atoms with Crippen LogP contribution in [0.1, 0.15) is 48.9 Å². The Morgan fingerprint density at radius 1 is 1.17 bits per heavy atom. The minimum Gasteiger partial charge on any atom is -0.361 e. The second kappa shape index (κ2) is 11.2. The Balaban J connectivity index is 0.00000300. The standard InChI is InChI=1S/C22H31N5O.HI/c1-5-18-17(20(6-2)28-27-18)14-26-22(23-7-3)24-12-11-16-13-25-19-10-8-9-15(4)21(16)19;/h8-10,13,25H,5-7,11-12,14H2,1-4H3,(H2,23,24,26);1H. The van der Waals surface area contributed by atoms with Gasteiger partial charge in [-0.2, -0.15) is 0 Å². The smallest absolute Gasteiger partial charge is 0.191 e. The lowest BCUT2D eigenvalue weighted by atomic mass is 10.1. The summed E-state index contributed by atoms with van der Waals surface area (Å²) in [5.41, 5.74) is 5.96. The maximum atomic E-state index is 5.45. The first-order valence-corrected chi connectivity index (χ1v) is 10.2. The summed E-state index contributed by atoms with van der Waals surface area (Å²) in [5, 5.41) is 12.3. The number of H-pyrrole nitrogens is 1. The van der Waals surface area contributed by atoms with Crippen LogP contribution < -0.4 is 10.6 Å². The molecular weight excluding hydrogens is 477 g/mol. The van der Waals surface area contributed by atoms with Gasteiger partial charge in [-0.3, -0.25) is 0 Å². The molecule has 29 heavy (non-hydrogen) atoms. The number of nitrogens with zero attached hydrogens (tertiary/aromatic N) is 2. The number of aromatic amines is 1. The first-order valence-electron chi connectivity index (χ1n) is 10.2. The molecule has 0 aliphatic heterocycles. The lowest BCUT2D eigenvalue weighted by molar-refractivity contribution is 0.380. The van der Waals surface area contributed by atoms with Gasteiger partial charge in [-0.25, -0.2) is 4.99 Å². The van der Waals surface area contributed by atoms with Crippen LogP contribution in [0.25, 0.3) is 10.9 Å². The molecule has 0 bridgehead atoms. The van der Waals surface area contributed by atoms with Crippen LogP contribution in [-0.2, 0) is 25.8 Å². The molecule has 1 aromatic carbocycles. The molecule has 3 rings (SSSR count). The molecule has 6 nitrogen and oxygen atoms in total. The first kappa shape index (κ1) is 23.3. The predicted octanol–water partition coefficient (Wildman–Crippen LogP) is 4.50. The number of benzene rings is 1. The fraction of sp³-hybridized carbons (Fsp3) is 0.455. The number of aliphatic imine (C=N–C) groups is 1.